The molecule has 3 heterocycles. The van der Waals surface area contributed by atoms with Gasteiger partial charge in [-0.1, -0.05) is 30.0 Å². The Bertz CT molecular complexity index is 2080. The van der Waals surface area contributed by atoms with Crippen LogP contribution in [0, 0.1) is 10.1 Å². The number of hydrogen-bond acceptors (Lipinski definition) is 9. The number of H-pyrrole nitrogens is 1. The maximum atomic E-state index is 13.0. The molecule has 0 spiro atoms. The number of nitrogens with one attached hydrogen (secondary N) is 2. The van der Waals surface area contributed by atoms with Gasteiger partial charge in [-0.05, 0) is 73.7 Å². The molecule has 3 aromatic heterocycles. The number of benzene rings is 3. The van der Waals surface area contributed by atoms with Crippen molar-refractivity contribution < 1.29 is 9.72 Å². The third-order valence-electron chi connectivity index (χ3n) is 7.11. The second-order valence-corrected chi connectivity index (χ2v) is 13.2. The van der Waals surface area contributed by atoms with Crippen molar-refractivity contribution in [2.75, 3.05) is 5.32 Å². The molecule has 208 valence electrons. The molecule has 9 nitrogen and oxygen atoms in total. The minimum absolute atomic E-state index is 0.0965. The first kappa shape index (κ1) is 26.5. The molecule has 12 heteroatoms. The van der Waals surface area contributed by atoms with Gasteiger partial charge in [-0.3, -0.25) is 19.7 Å². The Balaban J connectivity index is 1.17. The zero-order chi connectivity index (χ0) is 28.8. The summed E-state index contributed by atoms with van der Waals surface area (Å²) in [5.41, 5.74) is 3.19. The Kier molecular flexibility index (Phi) is 6.81. The van der Waals surface area contributed by atoms with Crippen LogP contribution in [0.5, 0.6) is 0 Å². The zero-order valence-corrected chi connectivity index (χ0v) is 24.3. The average molecular weight is 612 g/mol. The van der Waals surface area contributed by atoms with Crippen molar-refractivity contribution in [3.8, 4) is 11.4 Å². The number of hydrogen-bond donors (Lipinski definition) is 2. The van der Waals surface area contributed by atoms with Gasteiger partial charge in [0, 0.05) is 27.8 Å². The summed E-state index contributed by atoms with van der Waals surface area (Å²) in [7, 11) is 0. The van der Waals surface area contributed by atoms with Crippen LogP contribution in [-0.2, 0) is 12.8 Å². The number of nitrogens with zero attached hydrogens (tertiary/aromatic N) is 3. The molecule has 1 amide bonds. The number of thiazole rings is 1. The molecule has 0 fully saturated rings. The fourth-order valence-electron chi connectivity index (χ4n) is 5.11. The summed E-state index contributed by atoms with van der Waals surface area (Å²) in [6, 6.07) is 19.2. The number of carbonyl (C=O) groups is 1. The van der Waals surface area contributed by atoms with Gasteiger partial charge in [0.1, 0.15) is 10.7 Å². The van der Waals surface area contributed by atoms with Gasteiger partial charge in [-0.25, -0.2) is 9.97 Å². The smallest absolute Gasteiger partial charge is 0.284 e. The highest BCUT2D eigenvalue weighted by molar-refractivity contribution is 8.01. The van der Waals surface area contributed by atoms with E-state index in [1.807, 2.05) is 18.2 Å². The molecule has 3 aromatic carbocycles. The quantitative estimate of drug-likeness (QED) is 0.148. The fraction of sp³-hybridized carbons (Fsp3) is 0.133. The van der Waals surface area contributed by atoms with Crippen molar-refractivity contribution in [1.29, 1.82) is 0 Å². The first-order valence-electron chi connectivity index (χ1n) is 13.2. The van der Waals surface area contributed by atoms with E-state index in [0.29, 0.717) is 42.1 Å². The van der Waals surface area contributed by atoms with E-state index >= 15 is 0 Å². The highest BCUT2D eigenvalue weighted by Gasteiger charge is 2.22. The summed E-state index contributed by atoms with van der Waals surface area (Å²) in [6.45, 7) is 0. The van der Waals surface area contributed by atoms with Crippen molar-refractivity contribution in [3.63, 3.8) is 0 Å². The third kappa shape index (κ3) is 4.97. The van der Waals surface area contributed by atoms with Gasteiger partial charge in [0.2, 0.25) is 0 Å². The molecule has 6 aromatic rings. The van der Waals surface area contributed by atoms with E-state index in [-0.39, 0.29) is 17.2 Å². The number of aromatic nitrogens is 3. The topological polar surface area (TPSA) is 131 Å². The molecule has 0 saturated carbocycles. The number of aromatic amines is 1. The second kappa shape index (κ2) is 10.8. The van der Waals surface area contributed by atoms with Crippen molar-refractivity contribution in [1.82, 2.24) is 15.0 Å². The number of fused-ring (bicyclic) bond motifs is 4. The summed E-state index contributed by atoms with van der Waals surface area (Å²) >= 11 is 4.13. The lowest BCUT2D eigenvalue weighted by Crippen LogP contribution is -2.11. The Morgan fingerprint density at radius 1 is 1.00 bits per heavy atom. The number of nitro benzene ring substituents is 1. The van der Waals surface area contributed by atoms with Crippen LogP contribution in [0.2, 0.25) is 0 Å². The van der Waals surface area contributed by atoms with E-state index in [0.717, 1.165) is 41.5 Å². The lowest BCUT2D eigenvalue weighted by molar-refractivity contribution is -0.387. The van der Waals surface area contributed by atoms with Crippen LogP contribution in [0.4, 0.5) is 11.4 Å². The van der Waals surface area contributed by atoms with Crippen LogP contribution in [0.3, 0.4) is 0 Å². The first-order valence-corrected chi connectivity index (χ1v) is 15.7. The molecule has 1 aliphatic carbocycles. The number of nitro groups is 1. The van der Waals surface area contributed by atoms with Crippen molar-refractivity contribution in [2.24, 2.45) is 0 Å². The minimum atomic E-state index is -0.434. The third-order valence-corrected chi connectivity index (χ3v) is 10.4. The lowest BCUT2D eigenvalue weighted by Gasteiger charge is -2.09. The maximum Gasteiger partial charge on any atom is 0.284 e. The molecule has 0 radical (unpaired) electrons. The lowest BCUT2D eigenvalue weighted by atomic mass is 9.97. The highest BCUT2D eigenvalue weighted by atomic mass is 32.2. The first-order chi connectivity index (χ1) is 20.4. The minimum Gasteiger partial charge on any atom is -0.322 e. The maximum absolute atomic E-state index is 13.0. The number of carbonyl (C=O) groups excluding carboxylic acids is 1. The number of amides is 1. The zero-order valence-electron chi connectivity index (χ0n) is 21.9. The summed E-state index contributed by atoms with van der Waals surface area (Å²) in [5, 5.41) is 15.6. The number of aryl methyl sites for hydroxylation is 2. The van der Waals surface area contributed by atoms with Gasteiger partial charge >= 0.3 is 0 Å². The van der Waals surface area contributed by atoms with Crippen LogP contribution >= 0.6 is 34.4 Å². The van der Waals surface area contributed by atoms with E-state index in [1.165, 1.54) is 34.0 Å². The van der Waals surface area contributed by atoms with Gasteiger partial charge in [0.25, 0.3) is 17.2 Å². The van der Waals surface area contributed by atoms with Gasteiger partial charge in [-0.2, -0.15) is 0 Å². The Morgan fingerprint density at radius 3 is 2.67 bits per heavy atom. The number of anilines is 1. The summed E-state index contributed by atoms with van der Waals surface area (Å²) in [4.78, 5) is 51.7. The van der Waals surface area contributed by atoms with Crippen LogP contribution < -0.4 is 10.9 Å². The molecule has 1 aliphatic rings. The molecule has 2 N–H and O–H groups in total. The monoisotopic (exact) mass is 611 g/mol. The standard InChI is InChI=1S/C30H21N5O4S3/c36-27(16-6-2-1-3-7-16)31-18-11-12-20-24(15-18)42-30(32-20)41-23-13-10-17(14-21(23)35(38)39)26-33-28(37)25-19-8-4-5-9-22(19)40-29(25)34-26/h1-3,6-7,10-15H,4-5,8-9H2,(H,31,36)(H,33,34,37). The average Bonchev–Trinajstić information content (AvgIpc) is 3.58. The van der Waals surface area contributed by atoms with Crippen molar-refractivity contribution >= 4 is 72.2 Å². The summed E-state index contributed by atoms with van der Waals surface area (Å²) in [6.07, 6.45) is 4.01. The van der Waals surface area contributed by atoms with E-state index < -0.39 is 4.92 Å². The molecule has 0 bridgehead atoms. The molecule has 0 aliphatic heterocycles. The van der Waals surface area contributed by atoms with Crippen LogP contribution in [0.15, 0.2) is 80.8 Å². The Morgan fingerprint density at radius 2 is 1.83 bits per heavy atom. The van der Waals surface area contributed by atoms with Gasteiger partial charge in [0.15, 0.2) is 4.34 Å². The molecular weight excluding hydrogens is 591 g/mol. The van der Waals surface area contributed by atoms with Crippen molar-refractivity contribution in [3.05, 3.63) is 103 Å². The van der Waals surface area contributed by atoms with E-state index in [2.05, 4.69) is 15.3 Å². The fourth-order valence-corrected chi connectivity index (χ4v) is 8.52. The van der Waals surface area contributed by atoms with Gasteiger partial charge in [-0.15, -0.1) is 22.7 Å². The SMILES string of the molecule is O=C(Nc1ccc2nc(Sc3ccc(-c4nc5sc6c(c5c(=O)[nH]4)CCCC6)cc3[N+](=O)[O-])sc2c1)c1ccccc1. The van der Waals surface area contributed by atoms with Crippen LogP contribution in [0.25, 0.3) is 31.8 Å². The molecule has 0 atom stereocenters. The normalized spacial score (nSPS) is 12.9. The number of rotatable bonds is 6. The Labute approximate surface area is 250 Å². The Hall–Kier alpha value is -4.39. The predicted molar refractivity (Wildman–Crippen MR) is 167 cm³/mol. The summed E-state index contributed by atoms with van der Waals surface area (Å²) in [5.74, 6) is 0.106. The largest absolute Gasteiger partial charge is 0.322 e. The van der Waals surface area contributed by atoms with Crippen LogP contribution in [-0.4, -0.2) is 25.8 Å². The van der Waals surface area contributed by atoms with Gasteiger partial charge < -0.3 is 10.3 Å². The summed E-state index contributed by atoms with van der Waals surface area (Å²) < 4.78 is 1.47. The molecule has 42 heavy (non-hydrogen) atoms. The van der Waals surface area contributed by atoms with E-state index in [9.17, 15) is 19.7 Å². The second-order valence-electron chi connectivity index (χ2n) is 9.83. The van der Waals surface area contributed by atoms with Crippen molar-refractivity contribution in [2.45, 2.75) is 34.9 Å². The predicted octanol–water partition coefficient (Wildman–Crippen LogP) is 7.45. The van der Waals surface area contributed by atoms with Crippen LogP contribution in [0.1, 0.15) is 33.6 Å². The van der Waals surface area contributed by atoms with E-state index in [4.69, 9.17) is 4.98 Å². The molecular formula is C30H21N5O4S3. The van der Waals surface area contributed by atoms with E-state index in [1.54, 1.807) is 53.8 Å². The molecule has 0 saturated heterocycles. The van der Waals surface area contributed by atoms with Gasteiger partial charge in [0.05, 0.1) is 25.4 Å². The number of thiophene rings is 1. The molecule has 0 unspecified atom stereocenters. The molecule has 7 rings (SSSR count). The highest BCUT2D eigenvalue weighted by Crippen LogP contribution is 2.41.